The first kappa shape index (κ1) is 19.3. The minimum atomic E-state index is -0.564. The molecule has 2 unspecified atom stereocenters. The fraction of sp³-hybridized carbons (Fsp3) is 0.875. The predicted octanol–water partition coefficient (Wildman–Crippen LogP) is 1.26. The summed E-state index contributed by atoms with van der Waals surface area (Å²) >= 11 is 5.52. The molecular formula is C16H28ClN3O4. The smallest absolute Gasteiger partial charge is 0.410 e. The van der Waals surface area contributed by atoms with E-state index in [1.807, 2.05) is 20.8 Å². The van der Waals surface area contributed by atoms with Crippen LogP contribution in [-0.4, -0.2) is 78.8 Å². The molecule has 7 nitrogen and oxygen atoms in total. The Labute approximate surface area is 148 Å². The Hall–Kier alpha value is -1.05. The van der Waals surface area contributed by atoms with E-state index in [4.69, 9.17) is 21.1 Å². The van der Waals surface area contributed by atoms with Gasteiger partial charge in [0.1, 0.15) is 5.60 Å². The number of likely N-dealkylation sites (tertiary alicyclic amines) is 1. The molecular weight excluding hydrogens is 334 g/mol. The topological polar surface area (TPSA) is 71.1 Å². The third-order valence-corrected chi connectivity index (χ3v) is 4.39. The van der Waals surface area contributed by atoms with Crippen LogP contribution in [0.1, 0.15) is 27.2 Å². The lowest BCUT2D eigenvalue weighted by atomic mass is 9.93. The van der Waals surface area contributed by atoms with Crippen LogP contribution < -0.4 is 5.32 Å². The van der Waals surface area contributed by atoms with E-state index >= 15 is 0 Å². The third-order valence-electron chi connectivity index (χ3n) is 4.28. The van der Waals surface area contributed by atoms with E-state index in [9.17, 15) is 9.59 Å². The number of nitrogens with zero attached hydrogens (tertiary/aromatic N) is 2. The van der Waals surface area contributed by atoms with Crippen molar-refractivity contribution in [2.75, 3.05) is 45.3 Å². The number of hydrogen-bond acceptors (Lipinski definition) is 6. The van der Waals surface area contributed by atoms with Crippen LogP contribution in [-0.2, 0) is 14.3 Å². The Kier molecular flexibility index (Phi) is 6.71. The second-order valence-corrected chi connectivity index (χ2v) is 7.55. The van der Waals surface area contributed by atoms with Crippen LogP contribution in [0.15, 0.2) is 0 Å². The Bertz CT molecular complexity index is 449. The molecule has 1 N–H and O–H groups in total. The molecule has 2 rings (SSSR count). The van der Waals surface area contributed by atoms with Gasteiger partial charge in [0.2, 0.25) is 0 Å². The van der Waals surface area contributed by atoms with Crippen LogP contribution in [0.2, 0.25) is 0 Å². The minimum Gasteiger partial charge on any atom is -0.449 e. The molecule has 2 aliphatic heterocycles. The molecule has 2 heterocycles. The van der Waals surface area contributed by atoms with E-state index in [2.05, 4.69) is 10.2 Å². The van der Waals surface area contributed by atoms with Gasteiger partial charge >= 0.3 is 12.1 Å². The summed E-state index contributed by atoms with van der Waals surface area (Å²) in [6.07, 6.45) is 0.292. The number of amides is 1. The van der Waals surface area contributed by atoms with E-state index in [-0.39, 0.29) is 30.1 Å². The molecule has 0 saturated carbocycles. The second kappa shape index (κ2) is 8.36. The molecule has 0 radical (unpaired) electrons. The second-order valence-electron chi connectivity index (χ2n) is 7.33. The Morgan fingerprint density at radius 1 is 1.21 bits per heavy atom. The van der Waals surface area contributed by atoms with Gasteiger partial charge in [0.25, 0.3) is 0 Å². The van der Waals surface area contributed by atoms with Gasteiger partial charge in [-0.05, 0) is 27.2 Å². The fourth-order valence-electron chi connectivity index (χ4n) is 3.20. The summed E-state index contributed by atoms with van der Waals surface area (Å²) in [7, 11) is 0. The van der Waals surface area contributed by atoms with Crippen molar-refractivity contribution in [3.05, 3.63) is 0 Å². The third kappa shape index (κ3) is 5.50. The highest BCUT2D eigenvalue weighted by molar-refractivity contribution is 6.17. The van der Waals surface area contributed by atoms with Gasteiger partial charge in [0.05, 0.1) is 5.92 Å². The van der Waals surface area contributed by atoms with Crippen molar-refractivity contribution < 1.29 is 19.1 Å². The van der Waals surface area contributed by atoms with Gasteiger partial charge in [-0.15, -0.1) is 0 Å². The van der Waals surface area contributed by atoms with Crippen molar-refractivity contribution in [2.24, 2.45) is 5.92 Å². The number of nitrogens with one attached hydrogen (secondary N) is 1. The summed E-state index contributed by atoms with van der Waals surface area (Å²) in [6.45, 7) is 10.0. The lowest BCUT2D eigenvalue weighted by molar-refractivity contribution is -0.149. The first-order valence-electron chi connectivity index (χ1n) is 8.45. The maximum absolute atomic E-state index is 12.5. The Morgan fingerprint density at radius 2 is 1.88 bits per heavy atom. The SMILES string of the molecule is CC(C)(C)OC(=O)N1CC(C(=O)OCCl)CC(N2CCNCC2)C1. The first-order valence-corrected chi connectivity index (χ1v) is 8.99. The number of ether oxygens (including phenoxy) is 2. The number of carbonyl (C=O) groups excluding carboxylic acids is 2. The molecule has 2 saturated heterocycles. The standard InChI is InChI=1S/C16H28ClN3O4/c1-16(2,3)24-15(22)20-9-12(14(21)23-11-17)8-13(10-20)19-6-4-18-5-7-19/h12-13,18H,4-11H2,1-3H3. The maximum atomic E-state index is 12.5. The molecule has 0 bridgehead atoms. The largest absolute Gasteiger partial charge is 0.449 e. The summed E-state index contributed by atoms with van der Waals surface area (Å²) in [6, 6.07) is -0.0404. The zero-order valence-corrected chi connectivity index (χ0v) is 15.5. The van der Waals surface area contributed by atoms with Crippen molar-refractivity contribution in [3.63, 3.8) is 0 Å². The highest BCUT2D eigenvalue weighted by atomic mass is 35.5. The lowest BCUT2D eigenvalue weighted by Gasteiger charge is -2.43. The van der Waals surface area contributed by atoms with Crippen LogP contribution in [0.3, 0.4) is 0 Å². The van der Waals surface area contributed by atoms with E-state index in [1.54, 1.807) is 4.90 Å². The molecule has 2 fully saturated rings. The number of piperazine rings is 1. The highest BCUT2D eigenvalue weighted by Gasteiger charge is 2.38. The number of esters is 1. The minimum absolute atomic E-state index is 0.126. The summed E-state index contributed by atoms with van der Waals surface area (Å²) < 4.78 is 10.4. The average Bonchev–Trinajstić information content (AvgIpc) is 2.54. The van der Waals surface area contributed by atoms with Crippen LogP contribution in [0.4, 0.5) is 4.79 Å². The molecule has 0 aromatic carbocycles. The molecule has 2 aliphatic rings. The molecule has 0 aromatic heterocycles. The van der Waals surface area contributed by atoms with Gasteiger partial charge in [0.15, 0.2) is 6.07 Å². The number of halogens is 1. The quantitative estimate of drug-likeness (QED) is 0.602. The summed E-state index contributed by atoms with van der Waals surface area (Å²) in [5.74, 6) is -0.719. The van der Waals surface area contributed by atoms with Crippen LogP contribution in [0, 0.1) is 5.92 Å². The van der Waals surface area contributed by atoms with Crippen LogP contribution in [0.25, 0.3) is 0 Å². The van der Waals surface area contributed by atoms with Crippen molar-refractivity contribution in [1.82, 2.24) is 15.1 Å². The van der Waals surface area contributed by atoms with Gasteiger partial charge in [-0.3, -0.25) is 9.69 Å². The van der Waals surface area contributed by atoms with Crippen LogP contribution in [0.5, 0.6) is 0 Å². The Morgan fingerprint density at radius 3 is 2.46 bits per heavy atom. The highest BCUT2D eigenvalue weighted by Crippen LogP contribution is 2.24. The zero-order valence-electron chi connectivity index (χ0n) is 14.7. The number of carbonyl (C=O) groups is 2. The van der Waals surface area contributed by atoms with E-state index < -0.39 is 5.60 Å². The molecule has 24 heavy (non-hydrogen) atoms. The number of piperidine rings is 1. The van der Waals surface area contributed by atoms with Crippen LogP contribution >= 0.6 is 11.6 Å². The Balaban J connectivity index is 2.08. The molecule has 0 spiro atoms. The van der Waals surface area contributed by atoms with Crippen molar-refractivity contribution in [1.29, 1.82) is 0 Å². The van der Waals surface area contributed by atoms with Gasteiger partial charge < -0.3 is 19.7 Å². The fourth-order valence-corrected chi connectivity index (χ4v) is 3.31. The molecule has 0 aliphatic carbocycles. The van der Waals surface area contributed by atoms with Gasteiger partial charge in [-0.2, -0.15) is 0 Å². The summed E-state index contributed by atoms with van der Waals surface area (Å²) in [5.41, 5.74) is -0.564. The first-order chi connectivity index (χ1) is 11.3. The lowest BCUT2D eigenvalue weighted by Crippen LogP contribution is -2.58. The summed E-state index contributed by atoms with van der Waals surface area (Å²) in [4.78, 5) is 28.6. The molecule has 138 valence electrons. The van der Waals surface area contributed by atoms with Gasteiger partial charge in [0, 0.05) is 45.3 Å². The molecule has 2 atom stereocenters. The van der Waals surface area contributed by atoms with Crippen molar-refractivity contribution in [3.8, 4) is 0 Å². The summed E-state index contributed by atoms with van der Waals surface area (Å²) in [5, 5.41) is 3.32. The monoisotopic (exact) mass is 361 g/mol. The predicted molar refractivity (Wildman–Crippen MR) is 91.0 cm³/mol. The van der Waals surface area contributed by atoms with E-state index in [0.29, 0.717) is 19.5 Å². The van der Waals surface area contributed by atoms with Gasteiger partial charge in [-0.25, -0.2) is 4.79 Å². The number of alkyl halides is 1. The van der Waals surface area contributed by atoms with E-state index in [1.165, 1.54) is 0 Å². The molecule has 1 amide bonds. The van der Waals surface area contributed by atoms with Gasteiger partial charge in [-0.1, -0.05) is 11.6 Å². The zero-order chi connectivity index (χ0) is 17.7. The number of hydrogen-bond donors (Lipinski definition) is 1. The normalized spacial score (nSPS) is 26.1. The molecule has 0 aromatic rings. The molecule has 8 heteroatoms. The maximum Gasteiger partial charge on any atom is 0.410 e. The van der Waals surface area contributed by atoms with Crippen molar-refractivity contribution >= 4 is 23.7 Å². The van der Waals surface area contributed by atoms with Crippen molar-refractivity contribution in [2.45, 2.75) is 38.8 Å². The number of rotatable bonds is 3. The van der Waals surface area contributed by atoms with E-state index in [0.717, 1.165) is 26.2 Å². The average molecular weight is 362 g/mol.